The van der Waals surface area contributed by atoms with Crippen molar-refractivity contribution in [3.63, 3.8) is 0 Å². The molecule has 0 fully saturated rings. The Balaban J connectivity index is 1.18. The quantitative estimate of drug-likeness (QED) is 0.180. The van der Waals surface area contributed by atoms with Gasteiger partial charge in [0.1, 0.15) is 31.3 Å². The summed E-state index contributed by atoms with van der Waals surface area (Å²) in [4.78, 5) is 24.8. The Labute approximate surface area is 259 Å². The van der Waals surface area contributed by atoms with E-state index in [1.165, 1.54) is 36.5 Å². The fraction of sp³-hybridized carbons (Fsp3) is 0.156. The fourth-order valence-corrected chi connectivity index (χ4v) is 5.66. The highest BCUT2D eigenvalue weighted by molar-refractivity contribution is 7.92. The second-order valence-corrected chi connectivity index (χ2v) is 11.6. The average molecular weight is 633 g/mol. The number of halogens is 1. The van der Waals surface area contributed by atoms with Crippen molar-refractivity contribution in [2.45, 2.75) is 11.4 Å². The highest BCUT2D eigenvalue weighted by atomic mass is 32.2. The number of amides is 2. The van der Waals surface area contributed by atoms with Gasteiger partial charge in [0.25, 0.3) is 21.8 Å². The van der Waals surface area contributed by atoms with Crippen molar-refractivity contribution in [3.05, 3.63) is 114 Å². The van der Waals surface area contributed by atoms with Crippen LogP contribution in [0.4, 0.5) is 10.1 Å². The molecule has 0 saturated heterocycles. The maximum absolute atomic E-state index is 13.6. The lowest BCUT2D eigenvalue weighted by Crippen LogP contribution is -2.39. The molecular weight excluding hydrogens is 603 g/mol. The molecule has 1 aliphatic heterocycles. The first-order valence-corrected chi connectivity index (χ1v) is 15.3. The molecule has 4 aromatic carbocycles. The number of sulfonamides is 1. The SMILES string of the molecule is O=C(COc1ccc(/C=N\NC(=O)CN(c2ccc(F)cc2)S(=O)(=O)c2ccc3c(c2)OCCO3)cc1)NCc1ccccc1. The molecule has 2 N–H and O–H groups in total. The van der Waals surface area contributed by atoms with Crippen molar-refractivity contribution in [3.8, 4) is 17.2 Å². The normalized spacial score (nSPS) is 12.4. The summed E-state index contributed by atoms with van der Waals surface area (Å²) in [5, 5.41) is 6.71. The van der Waals surface area contributed by atoms with E-state index in [2.05, 4.69) is 15.8 Å². The van der Waals surface area contributed by atoms with Gasteiger partial charge in [0.05, 0.1) is 16.8 Å². The number of benzene rings is 4. The molecule has 5 rings (SSSR count). The van der Waals surface area contributed by atoms with E-state index in [1.54, 1.807) is 24.3 Å². The standard InChI is InChI=1S/C32H29FN4O7S/c33-25-8-10-26(11-9-25)37(45(40,41)28-14-15-29-30(18-28)43-17-16-42-29)21-31(38)36-35-20-24-6-12-27(13-7-24)44-22-32(39)34-19-23-4-2-1-3-5-23/h1-15,18,20H,16-17,19,21-22H2,(H,34,39)(H,36,38)/b35-20-. The minimum atomic E-state index is -4.29. The summed E-state index contributed by atoms with van der Waals surface area (Å²) in [6.45, 7) is 0.208. The number of rotatable bonds is 12. The molecule has 1 heterocycles. The molecule has 2 amide bonds. The molecule has 0 aromatic heterocycles. The molecule has 1 aliphatic rings. The van der Waals surface area contributed by atoms with Crippen molar-refractivity contribution >= 4 is 33.7 Å². The highest BCUT2D eigenvalue weighted by Gasteiger charge is 2.29. The lowest BCUT2D eigenvalue weighted by atomic mass is 10.2. The number of carbonyl (C=O) groups is 2. The first-order chi connectivity index (χ1) is 21.8. The minimum Gasteiger partial charge on any atom is -0.486 e. The topological polar surface area (TPSA) is 136 Å². The Morgan fingerprint density at radius 3 is 2.33 bits per heavy atom. The zero-order valence-electron chi connectivity index (χ0n) is 23.9. The van der Waals surface area contributed by atoms with Crippen LogP contribution in [-0.4, -0.2) is 52.8 Å². The summed E-state index contributed by atoms with van der Waals surface area (Å²) >= 11 is 0. The molecule has 0 saturated carbocycles. The number of ether oxygens (including phenoxy) is 3. The van der Waals surface area contributed by atoms with E-state index in [9.17, 15) is 22.4 Å². The number of carbonyl (C=O) groups excluding carboxylic acids is 2. The maximum Gasteiger partial charge on any atom is 0.264 e. The lowest BCUT2D eigenvalue weighted by molar-refractivity contribution is -0.123. The Morgan fingerprint density at radius 2 is 1.60 bits per heavy atom. The van der Waals surface area contributed by atoms with E-state index in [0.29, 0.717) is 30.2 Å². The Morgan fingerprint density at radius 1 is 0.889 bits per heavy atom. The van der Waals surface area contributed by atoms with Crippen molar-refractivity contribution in [2.24, 2.45) is 5.10 Å². The summed E-state index contributed by atoms with van der Waals surface area (Å²) < 4.78 is 58.3. The van der Waals surface area contributed by atoms with Gasteiger partial charge >= 0.3 is 0 Å². The molecule has 11 nitrogen and oxygen atoms in total. The van der Waals surface area contributed by atoms with Gasteiger partial charge in [-0.3, -0.25) is 13.9 Å². The molecule has 0 radical (unpaired) electrons. The molecule has 13 heteroatoms. The summed E-state index contributed by atoms with van der Waals surface area (Å²) in [5.41, 5.74) is 3.98. The zero-order chi connectivity index (χ0) is 31.6. The molecule has 45 heavy (non-hydrogen) atoms. The smallest absolute Gasteiger partial charge is 0.264 e. The lowest BCUT2D eigenvalue weighted by Gasteiger charge is -2.25. The van der Waals surface area contributed by atoms with Gasteiger partial charge < -0.3 is 19.5 Å². The molecule has 0 atom stereocenters. The van der Waals surface area contributed by atoms with Crippen LogP contribution in [0.15, 0.2) is 107 Å². The van der Waals surface area contributed by atoms with Gasteiger partial charge in [0.2, 0.25) is 0 Å². The van der Waals surface area contributed by atoms with Crippen LogP contribution >= 0.6 is 0 Å². The molecule has 0 spiro atoms. The Kier molecular flexibility index (Phi) is 9.90. The van der Waals surface area contributed by atoms with E-state index in [0.717, 1.165) is 22.0 Å². The van der Waals surface area contributed by atoms with Gasteiger partial charge in [-0.05, 0) is 71.8 Å². The summed E-state index contributed by atoms with van der Waals surface area (Å²) in [6.07, 6.45) is 1.37. The fourth-order valence-electron chi connectivity index (χ4n) is 4.22. The summed E-state index contributed by atoms with van der Waals surface area (Å²) in [5.74, 6) is -0.434. The number of nitrogens with one attached hydrogen (secondary N) is 2. The van der Waals surface area contributed by atoms with Crippen LogP contribution in [0, 0.1) is 5.82 Å². The first-order valence-electron chi connectivity index (χ1n) is 13.8. The average Bonchev–Trinajstić information content (AvgIpc) is 3.06. The minimum absolute atomic E-state index is 0.0785. The predicted octanol–water partition coefficient (Wildman–Crippen LogP) is 3.64. The number of hydrazone groups is 1. The van der Waals surface area contributed by atoms with E-state index in [4.69, 9.17) is 14.2 Å². The van der Waals surface area contributed by atoms with Gasteiger partial charge in [-0.1, -0.05) is 30.3 Å². The van der Waals surface area contributed by atoms with Gasteiger partial charge in [-0.2, -0.15) is 5.10 Å². The van der Waals surface area contributed by atoms with Crippen LogP contribution in [0.3, 0.4) is 0 Å². The summed E-state index contributed by atoms with van der Waals surface area (Å²) in [7, 11) is -4.29. The van der Waals surface area contributed by atoms with Crippen LogP contribution < -0.4 is 29.3 Å². The molecule has 232 valence electrons. The van der Waals surface area contributed by atoms with Crippen LogP contribution in [0.25, 0.3) is 0 Å². The second kappa shape index (κ2) is 14.4. The molecule has 0 aliphatic carbocycles. The molecule has 4 aromatic rings. The van der Waals surface area contributed by atoms with Crippen molar-refractivity contribution < 1.29 is 36.6 Å². The van der Waals surface area contributed by atoms with Crippen LogP contribution in [0.2, 0.25) is 0 Å². The number of fused-ring (bicyclic) bond motifs is 1. The Hall–Kier alpha value is -5.43. The van der Waals surface area contributed by atoms with Gasteiger partial charge in [-0.25, -0.2) is 18.2 Å². The van der Waals surface area contributed by atoms with Crippen LogP contribution in [0.1, 0.15) is 11.1 Å². The van der Waals surface area contributed by atoms with Gasteiger partial charge in [0, 0.05) is 12.6 Å². The third-order valence-electron chi connectivity index (χ3n) is 6.49. The predicted molar refractivity (Wildman–Crippen MR) is 164 cm³/mol. The van der Waals surface area contributed by atoms with Crippen LogP contribution in [0.5, 0.6) is 17.2 Å². The second-order valence-electron chi connectivity index (χ2n) is 9.71. The highest BCUT2D eigenvalue weighted by Crippen LogP contribution is 2.34. The number of anilines is 1. The Bertz CT molecular complexity index is 1770. The first kappa shape index (κ1) is 31.0. The number of hydrogen-bond acceptors (Lipinski definition) is 8. The largest absolute Gasteiger partial charge is 0.486 e. The number of nitrogens with zero attached hydrogens (tertiary/aromatic N) is 2. The van der Waals surface area contributed by atoms with Gasteiger partial charge in [0.15, 0.2) is 18.1 Å². The summed E-state index contributed by atoms with van der Waals surface area (Å²) in [6, 6.07) is 25.0. The van der Waals surface area contributed by atoms with Gasteiger partial charge in [-0.15, -0.1) is 0 Å². The molecule has 0 bridgehead atoms. The molecular formula is C32H29FN4O7S. The van der Waals surface area contributed by atoms with E-state index < -0.39 is 28.3 Å². The van der Waals surface area contributed by atoms with Crippen molar-refractivity contribution in [2.75, 3.05) is 30.7 Å². The third kappa shape index (κ3) is 8.36. The van der Waals surface area contributed by atoms with Crippen molar-refractivity contribution in [1.29, 1.82) is 0 Å². The number of hydrogen-bond donors (Lipinski definition) is 2. The van der Waals surface area contributed by atoms with E-state index in [-0.39, 0.29) is 35.5 Å². The van der Waals surface area contributed by atoms with E-state index in [1.807, 2.05) is 30.3 Å². The maximum atomic E-state index is 13.6. The van der Waals surface area contributed by atoms with Crippen LogP contribution in [-0.2, 0) is 26.2 Å². The zero-order valence-corrected chi connectivity index (χ0v) is 24.7. The molecule has 0 unspecified atom stereocenters. The van der Waals surface area contributed by atoms with Crippen molar-refractivity contribution in [1.82, 2.24) is 10.7 Å². The monoisotopic (exact) mass is 632 g/mol. The third-order valence-corrected chi connectivity index (χ3v) is 8.26. The van der Waals surface area contributed by atoms with E-state index >= 15 is 0 Å².